The average Bonchev–Trinajstić information content (AvgIpc) is 3.29. The van der Waals surface area contributed by atoms with Gasteiger partial charge in [-0.25, -0.2) is 9.37 Å². The van der Waals surface area contributed by atoms with Crippen LogP contribution in [0.25, 0.3) is 10.9 Å². The van der Waals surface area contributed by atoms with Crippen molar-refractivity contribution in [1.82, 2.24) is 9.55 Å². The summed E-state index contributed by atoms with van der Waals surface area (Å²) in [5.74, 6) is -0.334. The second-order valence-electron chi connectivity index (χ2n) is 8.44. The minimum atomic E-state index is -0.245. The summed E-state index contributed by atoms with van der Waals surface area (Å²) in [6.45, 7) is 6.92. The Morgan fingerprint density at radius 3 is 2.57 bits per heavy atom. The third-order valence-corrected chi connectivity index (χ3v) is 5.76. The van der Waals surface area contributed by atoms with E-state index in [9.17, 15) is 9.18 Å². The van der Waals surface area contributed by atoms with E-state index >= 15 is 0 Å². The number of nitrogens with one attached hydrogen (secondary N) is 1. The standard InChI is InChI=1S/C24H24FN3OS/c1-24(2,3)21-15-30-23(26-21)27-22(29)12-17-14-28(20-7-5-4-6-19(17)20)13-16-8-10-18(25)11-9-16/h4-11,14-15H,12-13H2,1-3H3,(H,26,27,29). The van der Waals surface area contributed by atoms with E-state index < -0.39 is 0 Å². The first-order chi connectivity index (χ1) is 14.3. The maximum absolute atomic E-state index is 13.2. The van der Waals surface area contributed by atoms with Crippen LogP contribution in [-0.2, 0) is 23.2 Å². The highest BCUT2D eigenvalue weighted by Gasteiger charge is 2.19. The topological polar surface area (TPSA) is 46.9 Å². The second kappa shape index (κ2) is 8.03. The Morgan fingerprint density at radius 2 is 1.87 bits per heavy atom. The summed E-state index contributed by atoms with van der Waals surface area (Å²) in [6.07, 6.45) is 2.28. The van der Waals surface area contributed by atoms with Gasteiger partial charge in [0.05, 0.1) is 12.1 Å². The predicted octanol–water partition coefficient (Wildman–Crippen LogP) is 5.76. The molecule has 0 aliphatic heterocycles. The molecule has 1 amide bonds. The molecule has 0 aliphatic carbocycles. The quantitative estimate of drug-likeness (QED) is 0.445. The summed E-state index contributed by atoms with van der Waals surface area (Å²) >= 11 is 1.45. The number of hydrogen-bond donors (Lipinski definition) is 1. The van der Waals surface area contributed by atoms with Gasteiger partial charge in [-0.2, -0.15) is 0 Å². The van der Waals surface area contributed by atoms with Gasteiger partial charge < -0.3 is 9.88 Å². The van der Waals surface area contributed by atoms with Crippen LogP contribution < -0.4 is 5.32 Å². The molecule has 154 valence electrons. The number of amides is 1. The number of thiazole rings is 1. The lowest BCUT2D eigenvalue weighted by molar-refractivity contribution is -0.115. The summed E-state index contributed by atoms with van der Waals surface area (Å²) in [6, 6.07) is 14.5. The van der Waals surface area contributed by atoms with E-state index in [1.807, 2.05) is 35.8 Å². The van der Waals surface area contributed by atoms with Crippen LogP contribution in [-0.4, -0.2) is 15.5 Å². The molecule has 0 atom stereocenters. The number of carbonyl (C=O) groups excluding carboxylic acids is 1. The number of benzene rings is 2. The van der Waals surface area contributed by atoms with Crippen LogP contribution in [0.1, 0.15) is 37.6 Å². The fourth-order valence-corrected chi connectivity index (χ4v) is 4.35. The second-order valence-corrected chi connectivity index (χ2v) is 9.30. The molecule has 2 aromatic carbocycles. The molecule has 4 nitrogen and oxygen atoms in total. The molecule has 30 heavy (non-hydrogen) atoms. The van der Waals surface area contributed by atoms with Crippen molar-refractivity contribution in [2.75, 3.05) is 5.32 Å². The van der Waals surface area contributed by atoms with Gasteiger partial charge in [0, 0.05) is 34.4 Å². The van der Waals surface area contributed by atoms with Crippen molar-refractivity contribution in [1.29, 1.82) is 0 Å². The molecule has 2 aromatic heterocycles. The van der Waals surface area contributed by atoms with E-state index in [2.05, 4.69) is 35.6 Å². The first-order valence-electron chi connectivity index (χ1n) is 9.86. The van der Waals surface area contributed by atoms with Crippen molar-refractivity contribution in [2.45, 2.75) is 39.2 Å². The molecule has 0 bridgehead atoms. The van der Waals surface area contributed by atoms with E-state index in [0.717, 1.165) is 27.7 Å². The fourth-order valence-electron chi connectivity index (χ4n) is 3.39. The van der Waals surface area contributed by atoms with Crippen molar-refractivity contribution in [3.8, 4) is 0 Å². The van der Waals surface area contributed by atoms with Gasteiger partial charge in [0.25, 0.3) is 0 Å². The van der Waals surface area contributed by atoms with Crippen LogP contribution in [0.4, 0.5) is 9.52 Å². The van der Waals surface area contributed by atoms with Crippen molar-refractivity contribution in [2.24, 2.45) is 0 Å². The summed E-state index contributed by atoms with van der Waals surface area (Å²) in [4.78, 5) is 17.2. The first kappa shape index (κ1) is 20.3. The number of hydrogen-bond acceptors (Lipinski definition) is 3. The van der Waals surface area contributed by atoms with Crippen LogP contribution in [0.5, 0.6) is 0 Å². The number of carbonyl (C=O) groups is 1. The fraction of sp³-hybridized carbons (Fsp3) is 0.250. The van der Waals surface area contributed by atoms with Crippen molar-refractivity contribution in [3.63, 3.8) is 0 Å². The van der Waals surface area contributed by atoms with E-state index in [1.165, 1.54) is 23.5 Å². The molecule has 0 fully saturated rings. The Labute approximate surface area is 179 Å². The van der Waals surface area contributed by atoms with E-state index in [1.54, 1.807) is 12.1 Å². The maximum atomic E-state index is 13.2. The molecular weight excluding hydrogens is 397 g/mol. The van der Waals surface area contributed by atoms with Crippen LogP contribution in [0, 0.1) is 5.82 Å². The number of fused-ring (bicyclic) bond motifs is 1. The molecule has 0 saturated carbocycles. The highest BCUT2D eigenvalue weighted by molar-refractivity contribution is 7.13. The third kappa shape index (κ3) is 4.44. The van der Waals surface area contributed by atoms with Gasteiger partial charge in [0.15, 0.2) is 5.13 Å². The Kier molecular flexibility index (Phi) is 5.43. The van der Waals surface area contributed by atoms with E-state index in [0.29, 0.717) is 11.7 Å². The molecule has 0 spiro atoms. The SMILES string of the molecule is CC(C)(C)c1csc(NC(=O)Cc2cn(Cc3ccc(F)cc3)c3ccccc23)n1. The molecule has 6 heteroatoms. The van der Waals surface area contributed by atoms with Gasteiger partial charge in [-0.3, -0.25) is 4.79 Å². The zero-order valence-corrected chi connectivity index (χ0v) is 18.1. The zero-order chi connectivity index (χ0) is 21.3. The van der Waals surface area contributed by atoms with Crippen molar-refractivity contribution >= 4 is 33.3 Å². The van der Waals surface area contributed by atoms with Gasteiger partial charge in [-0.1, -0.05) is 51.1 Å². The normalized spacial score (nSPS) is 11.7. The van der Waals surface area contributed by atoms with E-state index in [4.69, 9.17) is 0 Å². The molecule has 0 unspecified atom stereocenters. The summed E-state index contributed by atoms with van der Waals surface area (Å²) in [5, 5.41) is 6.59. The zero-order valence-electron chi connectivity index (χ0n) is 17.3. The van der Waals surface area contributed by atoms with Gasteiger partial charge >= 0.3 is 0 Å². The van der Waals surface area contributed by atoms with Crippen molar-refractivity contribution < 1.29 is 9.18 Å². The third-order valence-electron chi connectivity index (χ3n) is 5.01. The Balaban J connectivity index is 1.54. The van der Waals surface area contributed by atoms with Crippen molar-refractivity contribution in [3.05, 3.63) is 82.7 Å². The molecular formula is C24H24FN3OS. The molecule has 1 N–H and O–H groups in total. The lowest BCUT2D eigenvalue weighted by Crippen LogP contribution is -2.15. The van der Waals surface area contributed by atoms with Gasteiger partial charge in [-0.15, -0.1) is 11.3 Å². The highest BCUT2D eigenvalue weighted by Crippen LogP contribution is 2.27. The average molecular weight is 422 g/mol. The van der Waals surface area contributed by atoms with E-state index in [-0.39, 0.29) is 23.6 Å². The lowest BCUT2D eigenvalue weighted by Gasteiger charge is -2.14. The largest absolute Gasteiger partial charge is 0.343 e. The highest BCUT2D eigenvalue weighted by atomic mass is 32.1. The van der Waals surface area contributed by atoms with Crippen LogP contribution in [0.2, 0.25) is 0 Å². The minimum Gasteiger partial charge on any atom is -0.343 e. The number of aromatic nitrogens is 2. The number of rotatable bonds is 5. The minimum absolute atomic E-state index is 0.0484. The predicted molar refractivity (Wildman–Crippen MR) is 121 cm³/mol. The van der Waals surface area contributed by atoms with Crippen LogP contribution >= 0.6 is 11.3 Å². The lowest BCUT2D eigenvalue weighted by atomic mass is 9.93. The van der Waals surface area contributed by atoms with Gasteiger partial charge in [0.1, 0.15) is 5.82 Å². The molecule has 0 aliphatic rings. The Hall–Kier alpha value is -2.99. The Bertz CT molecular complexity index is 1190. The number of para-hydroxylation sites is 1. The molecule has 0 saturated heterocycles. The first-order valence-corrected chi connectivity index (χ1v) is 10.7. The van der Waals surface area contributed by atoms with Gasteiger partial charge in [-0.05, 0) is 29.3 Å². The molecule has 4 aromatic rings. The van der Waals surface area contributed by atoms with Crippen LogP contribution in [0.15, 0.2) is 60.1 Å². The summed E-state index contributed by atoms with van der Waals surface area (Å²) < 4.78 is 15.3. The molecule has 0 radical (unpaired) electrons. The van der Waals surface area contributed by atoms with Gasteiger partial charge in [0.2, 0.25) is 5.91 Å². The summed E-state index contributed by atoms with van der Waals surface area (Å²) in [5.41, 5.74) is 3.93. The smallest absolute Gasteiger partial charge is 0.230 e. The maximum Gasteiger partial charge on any atom is 0.230 e. The summed E-state index contributed by atoms with van der Waals surface area (Å²) in [7, 11) is 0. The number of nitrogens with zero attached hydrogens (tertiary/aromatic N) is 2. The molecule has 2 heterocycles. The monoisotopic (exact) mass is 421 g/mol. The Morgan fingerprint density at radius 1 is 1.13 bits per heavy atom. The number of halogens is 1. The van der Waals surface area contributed by atoms with Crippen LogP contribution in [0.3, 0.4) is 0 Å². The number of anilines is 1. The molecule has 4 rings (SSSR count).